The van der Waals surface area contributed by atoms with Gasteiger partial charge < -0.3 is 14.8 Å². The van der Waals surface area contributed by atoms with Crippen molar-refractivity contribution in [2.24, 2.45) is 0 Å². The highest BCUT2D eigenvalue weighted by Crippen LogP contribution is 2.39. The third-order valence-electron chi connectivity index (χ3n) is 4.15. The number of H-pyrrole nitrogens is 1. The number of aromatic amines is 1. The average Bonchev–Trinajstić information content (AvgIpc) is 3.01. The fraction of sp³-hybridized carbons (Fsp3) is 0.0500. The van der Waals surface area contributed by atoms with Gasteiger partial charge in [-0.05, 0) is 69.5 Å². The normalized spacial score (nSPS) is 11.0. The molecule has 0 saturated heterocycles. The number of nitrogens with zero attached hydrogens (tertiary/aromatic N) is 1. The largest absolute Gasteiger partial charge is 0.508 e. The van der Waals surface area contributed by atoms with Crippen molar-refractivity contribution < 1.29 is 9.84 Å². The molecule has 25 heavy (non-hydrogen) atoms. The van der Waals surface area contributed by atoms with E-state index in [-0.39, 0.29) is 5.75 Å². The number of phenolic OH excluding ortho intramolecular Hbond substituents is 1. The SMILES string of the molecule is COc1ccc(-c2[nH]c3ncc(Br)cc3c2-c2ccc(O)cc2)cc1. The average molecular weight is 395 g/mol. The van der Waals surface area contributed by atoms with E-state index in [0.29, 0.717) is 0 Å². The van der Waals surface area contributed by atoms with Crippen LogP contribution >= 0.6 is 15.9 Å². The highest BCUT2D eigenvalue weighted by molar-refractivity contribution is 9.10. The maximum atomic E-state index is 9.61. The first kappa shape index (κ1) is 15.7. The van der Waals surface area contributed by atoms with E-state index in [1.54, 1.807) is 25.4 Å². The molecule has 2 N–H and O–H groups in total. The Morgan fingerprint density at radius 3 is 2.36 bits per heavy atom. The maximum Gasteiger partial charge on any atom is 0.138 e. The number of hydrogen-bond acceptors (Lipinski definition) is 3. The monoisotopic (exact) mass is 394 g/mol. The first-order chi connectivity index (χ1) is 12.2. The number of aromatic hydroxyl groups is 1. The van der Waals surface area contributed by atoms with Crippen molar-refractivity contribution in [3.8, 4) is 33.9 Å². The molecule has 0 fully saturated rings. The minimum absolute atomic E-state index is 0.244. The molecule has 2 aromatic carbocycles. The summed E-state index contributed by atoms with van der Waals surface area (Å²) < 4.78 is 6.17. The molecule has 0 amide bonds. The highest BCUT2D eigenvalue weighted by atomic mass is 79.9. The van der Waals surface area contributed by atoms with Crippen molar-refractivity contribution in [2.45, 2.75) is 0 Å². The lowest BCUT2D eigenvalue weighted by atomic mass is 9.99. The van der Waals surface area contributed by atoms with Gasteiger partial charge in [-0.3, -0.25) is 0 Å². The molecule has 0 radical (unpaired) electrons. The van der Waals surface area contributed by atoms with Crippen LogP contribution in [-0.2, 0) is 0 Å². The van der Waals surface area contributed by atoms with Crippen LogP contribution in [0.4, 0.5) is 0 Å². The number of hydrogen-bond donors (Lipinski definition) is 2. The van der Waals surface area contributed by atoms with Gasteiger partial charge in [0.2, 0.25) is 0 Å². The molecule has 124 valence electrons. The zero-order valence-electron chi connectivity index (χ0n) is 13.5. The summed E-state index contributed by atoms with van der Waals surface area (Å²) in [4.78, 5) is 7.91. The van der Waals surface area contributed by atoms with Gasteiger partial charge in [-0.2, -0.15) is 0 Å². The van der Waals surface area contributed by atoms with Gasteiger partial charge in [-0.1, -0.05) is 12.1 Å². The molecule has 2 heterocycles. The number of fused-ring (bicyclic) bond motifs is 1. The van der Waals surface area contributed by atoms with Crippen molar-refractivity contribution in [3.63, 3.8) is 0 Å². The van der Waals surface area contributed by atoms with E-state index in [2.05, 4.69) is 25.9 Å². The van der Waals surface area contributed by atoms with E-state index < -0.39 is 0 Å². The van der Waals surface area contributed by atoms with Crippen molar-refractivity contribution in [3.05, 3.63) is 65.3 Å². The number of rotatable bonds is 3. The number of halogens is 1. The zero-order chi connectivity index (χ0) is 17.4. The summed E-state index contributed by atoms with van der Waals surface area (Å²) in [7, 11) is 1.65. The molecule has 0 spiro atoms. The third-order valence-corrected chi connectivity index (χ3v) is 4.59. The number of nitrogens with one attached hydrogen (secondary N) is 1. The summed E-state index contributed by atoms with van der Waals surface area (Å²) >= 11 is 3.50. The standard InChI is InChI=1S/C20H15BrN2O2/c1-25-16-8-4-13(5-9-16)19-18(12-2-6-15(24)7-3-12)17-10-14(21)11-22-20(17)23-19/h2-11,24H,1H3,(H,22,23). The molecule has 0 aliphatic rings. The molecule has 4 nitrogen and oxygen atoms in total. The van der Waals surface area contributed by atoms with Gasteiger partial charge in [0, 0.05) is 21.6 Å². The highest BCUT2D eigenvalue weighted by Gasteiger charge is 2.16. The Morgan fingerprint density at radius 1 is 1.00 bits per heavy atom. The second-order valence-corrected chi connectivity index (χ2v) is 6.62. The lowest BCUT2D eigenvalue weighted by Crippen LogP contribution is -1.85. The van der Waals surface area contributed by atoms with Crippen LogP contribution in [0.2, 0.25) is 0 Å². The minimum Gasteiger partial charge on any atom is -0.508 e. The zero-order valence-corrected chi connectivity index (χ0v) is 15.0. The van der Waals surface area contributed by atoms with Gasteiger partial charge in [-0.15, -0.1) is 0 Å². The molecule has 5 heteroatoms. The van der Waals surface area contributed by atoms with Crippen molar-refractivity contribution in [1.29, 1.82) is 0 Å². The van der Waals surface area contributed by atoms with Crippen LogP contribution in [0.1, 0.15) is 0 Å². The van der Waals surface area contributed by atoms with Crippen LogP contribution in [0.5, 0.6) is 11.5 Å². The third kappa shape index (κ3) is 2.87. The van der Waals surface area contributed by atoms with E-state index in [0.717, 1.165) is 43.6 Å². The van der Waals surface area contributed by atoms with Crippen LogP contribution in [0.25, 0.3) is 33.4 Å². The Labute approximate surface area is 153 Å². The van der Waals surface area contributed by atoms with Gasteiger partial charge in [0.1, 0.15) is 17.1 Å². The minimum atomic E-state index is 0.244. The number of pyridine rings is 1. The van der Waals surface area contributed by atoms with E-state index in [4.69, 9.17) is 4.74 Å². The summed E-state index contributed by atoms with van der Waals surface area (Å²) in [5, 5.41) is 10.6. The van der Waals surface area contributed by atoms with Crippen molar-refractivity contribution in [2.75, 3.05) is 7.11 Å². The Morgan fingerprint density at radius 2 is 1.68 bits per heavy atom. The number of benzene rings is 2. The maximum absolute atomic E-state index is 9.61. The Bertz CT molecular complexity index is 1040. The fourth-order valence-corrected chi connectivity index (χ4v) is 3.28. The summed E-state index contributed by atoms with van der Waals surface area (Å²) in [6.07, 6.45) is 1.78. The van der Waals surface area contributed by atoms with E-state index in [9.17, 15) is 5.11 Å². The lowest BCUT2D eigenvalue weighted by molar-refractivity contribution is 0.415. The molecule has 2 aromatic heterocycles. The molecule has 4 aromatic rings. The second-order valence-electron chi connectivity index (χ2n) is 5.70. The van der Waals surface area contributed by atoms with Crippen molar-refractivity contribution in [1.82, 2.24) is 9.97 Å². The molecule has 0 aliphatic heterocycles. The molecular formula is C20H15BrN2O2. The summed E-state index contributed by atoms with van der Waals surface area (Å²) in [5.74, 6) is 1.06. The van der Waals surface area contributed by atoms with Crippen molar-refractivity contribution >= 4 is 27.0 Å². The van der Waals surface area contributed by atoms with E-state index >= 15 is 0 Å². The van der Waals surface area contributed by atoms with Crippen LogP contribution in [0, 0.1) is 0 Å². The Balaban J connectivity index is 1.99. The van der Waals surface area contributed by atoms with Crippen LogP contribution in [0.3, 0.4) is 0 Å². The first-order valence-corrected chi connectivity index (χ1v) is 8.56. The van der Waals surface area contributed by atoms with E-state index in [1.807, 2.05) is 42.5 Å². The predicted molar refractivity (Wildman–Crippen MR) is 103 cm³/mol. The number of phenols is 1. The van der Waals surface area contributed by atoms with Gasteiger partial charge in [0.05, 0.1) is 12.8 Å². The Kier molecular flexibility index (Phi) is 3.93. The van der Waals surface area contributed by atoms with Gasteiger partial charge >= 0.3 is 0 Å². The predicted octanol–water partition coefficient (Wildman–Crippen LogP) is 5.37. The van der Waals surface area contributed by atoms with Crippen LogP contribution in [0.15, 0.2) is 65.3 Å². The number of aromatic nitrogens is 2. The molecule has 0 aliphatic carbocycles. The molecule has 0 saturated carbocycles. The lowest BCUT2D eigenvalue weighted by Gasteiger charge is -2.07. The van der Waals surface area contributed by atoms with Crippen LogP contribution < -0.4 is 4.74 Å². The van der Waals surface area contributed by atoms with Crippen LogP contribution in [-0.4, -0.2) is 22.2 Å². The number of methoxy groups -OCH3 is 1. The Hall–Kier alpha value is -2.79. The quantitative estimate of drug-likeness (QED) is 0.490. The van der Waals surface area contributed by atoms with Gasteiger partial charge in [-0.25, -0.2) is 4.98 Å². The smallest absolute Gasteiger partial charge is 0.138 e. The summed E-state index contributed by atoms with van der Waals surface area (Å²) in [5.41, 5.74) is 4.90. The molecule has 0 unspecified atom stereocenters. The molecule has 0 bridgehead atoms. The topological polar surface area (TPSA) is 58.1 Å². The summed E-state index contributed by atoms with van der Waals surface area (Å²) in [6.45, 7) is 0. The fourth-order valence-electron chi connectivity index (χ4n) is 2.95. The molecule has 4 rings (SSSR count). The van der Waals surface area contributed by atoms with E-state index in [1.165, 1.54) is 0 Å². The first-order valence-electron chi connectivity index (χ1n) is 7.77. The van der Waals surface area contributed by atoms with Gasteiger partial charge in [0.15, 0.2) is 0 Å². The van der Waals surface area contributed by atoms with Gasteiger partial charge in [0.25, 0.3) is 0 Å². The molecule has 0 atom stereocenters. The number of ether oxygens (including phenoxy) is 1. The summed E-state index contributed by atoms with van der Waals surface area (Å²) in [6, 6.07) is 17.2. The molecular weight excluding hydrogens is 380 g/mol. The second kappa shape index (κ2) is 6.26.